The van der Waals surface area contributed by atoms with E-state index in [-0.39, 0.29) is 0 Å². The minimum Gasteiger partial charge on any atom is -0.370 e. The third-order valence-electron chi connectivity index (χ3n) is 3.29. The topological polar surface area (TPSA) is 63.8 Å². The van der Waals surface area contributed by atoms with E-state index in [1.54, 1.807) is 6.20 Å². The summed E-state index contributed by atoms with van der Waals surface area (Å²) in [5.74, 6) is 2.82. The summed E-state index contributed by atoms with van der Waals surface area (Å²) in [5.41, 5.74) is 5.53. The molecule has 1 aromatic rings. The standard InChI is InChI=1S/C12H20N4/c1-9-3-2-4-10(7-9)8-15-11-5-6-14-12(13)16-11/h5-6,9-10H,2-4,7-8H2,1H3,(H3,13,14,15,16). The first kappa shape index (κ1) is 11.2. The Hall–Kier alpha value is -1.32. The quantitative estimate of drug-likeness (QED) is 0.820. The van der Waals surface area contributed by atoms with Crippen molar-refractivity contribution in [1.82, 2.24) is 9.97 Å². The van der Waals surface area contributed by atoms with Crippen LogP contribution in [0.4, 0.5) is 11.8 Å². The van der Waals surface area contributed by atoms with Gasteiger partial charge in [0, 0.05) is 12.7 Å². The number of aromatic nitrogens is 2. The highest BCUT2D eigenvalue weighted by molar-refractivity contribution is 5.37. The van der Waals surface area contributed by atoms with E-state index in [1.165, 1.54) is 25.7 Å². The summed E-state index contributed by atoms with van der Waals surface area (Å²) in [6.07, 6.45) is 7.09. The zero-order valence-electron chi connectivity index (χ0n) is 9.82. The number of nitrogens with one attached hydrogen (secondary N) is 1. The zero-order chi connectivity index (χ0) is 11.4. The molecule has 3 N–H and O–H groups in total. The molecule has 2 unspecified atom stereocenters. The van der Waals surface area contributed by atoms with Gasteiger partial charge in [-0.2, -0.15) is 4.98 Å². The monoisotopic (exact) mass is 220 g/mol. The van der Waals surface area contributed by atoms with Crippen LogP contribution in [0.25, 0.3) is 0 Å². The van der Waals surface area contributed by atoms with Crippen LogP contribution in [0.1, 0.15) is 32.6 Å². The van der Waals surface area contributed by atoms with Crippen molar-refractivity contribution < 1.29 is 0 Å². The van der Waals surface area contributed by atoms with E-state index in [9.17, 15) is 0 Å². The molecule has 0 bridgehead atoms. The molecule has 0 radical (unpaired) electrons. The second-order valence-corrected chi connectivity index (χ2v) is 4.82. The number of anilines is 2. The van der Waals surface area contributed by atoms with Crippen molar-refractivity contribution >= 4 is 11.8 Å². The normalized spacial score (nSPS) is 25.3. The van der Waals surface area contributed by atoms with Crippen LogP contribution in [0, 0.1) is 11.8 Å². The van der Waals surface area contributed by atoms with Gasteiger partial charge < -0.3 is 11.1 Å². The van der Waals surface area contributed by atoms with E-state index in [0.717, 1.165) is 24.2 Å². The Morgan fingerprint density at radius 3 is 3.12 bits per heavy atom. The van der Waals surface area contributed by atoms with Crippen LogP contribution >= 0.6 is 0 Å². The van der Waals surface area contributed by atoms with E-state index in [2.05, 4.69) is 22.2 Å². The summed E-state index contributed by atoms with van der Waals surface area (Å²) in [4.78, 5) is 8.01. The summed E-state index contributed by atoms with van der Waals surface area (Å²) in [6.45, 7) is 3.34. The average Bonchev–Trinajstić information content (AvgIpc) is 2.27. The Bertz CT molecular complexity index is 340. The van der Waals surface area contributed by atoms with Crippen LogP contribution in [-0.4, -0.2) is 16.5 Å². The number of nitrogens with zero attached hydrogens (tertiary/aromatic N) is 2. The molecule has 2 atom stereocenters. The van der Waals surface area contributed by atoms with Gasteiger partial charge in [-0.1, -0.05) is 19.8 Å². The van der Waals surface area contributed by atoms with Gasteiger partial charge in [0.05, 0.1) is 0 Å². The van der Waals surface area contributed by atoms with Gasteiger partial charge in [0.1, 0.15) is 5.82 Å². The number of rotatable bonds is 3. The lowest BCUT2D eigenvalue weighted by Crippen LogP contribution is -2.21. The molecule has 4 nitrogen and oxygen atoms in total. The van der Waals surface area contributed by atoms with Gasteiger partial charge in [0.15, 0.2) is 0 Å². The smallest absolute Gasteiger partial charge is 0.221 e. The lowest BCUT2D eigenvalue weighted by Gasteiger charge is -2.26. The lowest BCUT2D eigenvalue weighted by molar-refractivity contribution is 0.293. The maximum absolute atomic E-state index is 5.53. The Morgan fingerprint density at radius 1 is 1.50 bits per heavy atom. The molecule has 1 aliphatic rings. The Balaban J connectivity index is 1.82. The van der Waals surface area contributed by atoms with Crippen LogP contribution in [0.5, 0.6) is 0 Å². The van der Waals surface area contributed by atoms with Gasteiger partial charge >= 0.3 is 0 Å². The first-order valence-corrected chi connectivity index (χ1v) is 6.06. The number of nitrogen functional groups attached to an aromatic ring is 1. The molecule has 1 aliphatic carbocycles. The van der Waals surface area contributed by atoms with Crippen LogP contribution in [0.15, 0.2) is 12.3 Å². The molecule has 88 valence electrons. The van der Waals surface area contributed by atoms with Crippen LogP contribution in [0.2, 0.25) is 0 Å². The third-order valence-corrected chi connectivity index (χ3v) is 3.29. The van der Waals surface area contributed by atoms with Gasteiger partial charge in [-0.3, -0.25) is 0 Å². The van der Waals surface area contributed by atoms with Crippen LogP contribution in [0.3, 0.4) is 0 Å². The fraction of sp³-hybridized carbons (Fsp3) is 0.667. The molecule has 1 fully saturated rings. The zero-order valence-corrected chi connectivity index (χ0v) is 9.82. The fourth-order valence-electron chi connectivity index (χ4n) is 2.47. The van der Waals surface area contributed by atoms with Gasteiger partial charge in [-0.15, -0.1) is 0 Å². The van der Waals surface area contributed by atoms with Gasteiger partial charge in [-0.25, -0.2) is 4.98 Å². The van der Waals surface area contributed by atoms with Gasteiger partial charge in [0.25, 0.3) is 0 Å². The maximum atomic E-state index is 5.53. The number of nitrogens with two attached hydrogens (primary N) is 1. The minimum absolute atomic E-state index is 0.335. The van der Waals surface area contributed by atoms with Crippen molar-refractivity contribution in [1.29, 1.82) is 0 Å². The summed E-state index contributed by atoms with van der Waals surface area (Å²) in [6, 6.07) is 1.86. The highest BCUT2D eigenvalue weighted by atomic mass is 15.1. The molecule has 1 heterocycles. The largest absolute Gasteiger partial charge is 0.370 e. The minimum atomic E-state index is 0.335. The predicted molar refractivity (Wildman–Crippen MR) is 66.1 cm³/mol. The SMILES string of the molecule is CC1CCCC(CNc2ccnc(N)n2)C1. The second kappa shape index (κ2) is 5.14. The van der Waals surface area contributed by atoms with E-state index >= 15 is 0 Å². The van der Waals surface area contributed by atoms with Gasteiger partial charge in [0.2, 0.25) is 5.95 Å². The molecule has 2 rings (SSSR count). The van der Waals surface area contributed by atoms with E-state index in [0.29, 0.717) is 5.95 Å². The molecule has 1 aromatic heterocycles. The lowest BCUT2D eigenvalue weighted by atomic mass is 9.82. The number of hydrogen-bond donors (Lipinski definition) is 2. The van der Waals surface area contributed by atoms with Gasteiger partial charge in [-0.05, 0) is 30.7 Å². The fourth-order valence-corrected chi connectivity index (χ4v) is 2.47. The number of hydrogen-bond acceptors (Lipinski definition) is 4. The van der Waals surface area contributed by atoms with Crippen molar-refractivity contribution in [3.05, 3.63) is 12.3 Å². The summed E-state index contributed by atoms with van der Waals surface area (Å²) < 4.78 is 0. The Labute approximate surface area is 96.7 Å². The molecular formula is C12H20N4. The summed E-state index contributed by atoms with van der Waals surface area (Å²) in [5, 5.41) is 3.34. The Morgan fingerprint density at radius 2 is 2.38 bits per heavy atom. The molecular weight excluding hydrogens is 200 g/mol. The Kier molecular flexibility index (Phi) is 3.59. The first-order valence-electron chi connectivity index (χ1n) is 6.06. The van der Waals surface area contributed by atoms with Crippen LogP contribution in [-0.2, 0) is 0 Å². The average molecular weight is 220 g/mol. The highest BCUT2D eigenvalue weighted by Gasteiger charge is 2.18. The van der Waals surface area contributed by atoms with E-state index in [4.69, 9.17) is 5.73 Å². The molecule has 0 spiro atoms. The highest BCUT2D eigenvalue weighted by Crippen LogP contribution is 2.28. The predicted octanol–water partition coefficient (Wildman–Crippen LogP) is 2.30. The molecule has 0 amide bonds. The summed E-state index contributed by atoms with van der Waals surface area (Å²) >= 11 is 0. The maximum Gasteiger partial charge on any atom is 0.221 e. The molecule has 1 saturated carbocycles. The molecule has 16 heavy (non-hydrogen) atoms. The van der Waals surface area contributed by atoms with E-state index < -0.39 is 0 Å². The molecule has 4 heteroatoms. The van der Waals surface area contributed by atoms with Crippen molar-refractivity contribution in [3.8, 4) is 0 Å². The molecule has 0 aromatic carbocycles. The first-order chi connectivity index (χ1) is 7.74. The van der Waals surface area contributed by atoms with E-state index in [1.807, 2.05) is 6.07 Å². The van der Waals surface area contributed by atoms with Crippen molar-refractivity contribution in [3.63, 3.8) is 0 Å². The van der Waals surface area contributed by atoms with Crippen molar-refractivity contribution in [2.24, 2.45) is 11.8 Å². The second-order valence-electron chi connectivity index (χ2n) is 4.82. The van der Waals surface area contributed by atoms with Crippen molar-refractivity contribution in [2.45, 2.75) is 32.6 Å². The molecule has 0 aliphatic heterocycles. The van der Waals surface area contributed by atoms with Crippen LogP contribution < -0.4 is 11.1 Å². The third kappa shape index (κ3) is 3.08. The summed E-state index contributed by atoms with van der Waals surface area (Å²) in [7, 11) is 0. The van der Waals surface area contributed by atoms with Crippen molar-refractivity contribution in [2.75, 3.05) is 17.6 Å². The molecule has 0 saturated heterocycles.